The van der Waals surface area contributed by atoms with E-state index in [1.54, 1.807) is 36.4 Å². The van der Waals surface area contributed by atoms with Gasteiger partial charge in [-0.1, -0.05) is 30.3 Å². The minimum Gasteiger partial charge on any atom is -0.497 e. The lowest BCUT2D eigenvalue weighted by Crippen LogP contribution is -2.27. The summed E-state index contributed by atoms with van der Waals surface area (Å²) in [5.41, 5.74) is 0.788. The number of sulfone groups is 1. The Kier molecular flexibility index (Phi) is 5.39. The number of carboxylic acid groups (broad SMARTS) is 1. The molecule has 0 unspecified atom stereocenters. The van der Waals surface area contributed by atoms with Crippen LogP contribution in [-0.4, -0.2) is 31.9 Å². The summed E-state index contributed by atoms with van der Waals surface area (Å²) >= 11 is 0. The second kappa shape index (κ2) is 7.28. The fraction of sp³-hybridized carbons (Fsp3) is 0.235. The molecule has 2 aromatic carbocycles. The van der Waals surface area contributed by atoms with Gasteiger partial charge in [-0.15, -0.1) is 0 Å². The first-order valence-electron chi connectivity index (χ1n) is 7.07. The van der Waals surface area contributed by atoms with Crippen molar-refractivity contribution >= 4 is 15.8 Å². The van der Waals surface area contributed by atoms with Crippen LogP contribution in [0.4, 0.5) is 0 Å². The van der Waals surface area contributed by atoms with Gasteiger partial charge >= 0.3 is 5.97 Å². The highest BCUT2D eigenvalue weighted by Crippen LogP contribution is 2.24. The number of benzene rings is 2. The Labute approximate surface area is 135 Å². The van der Waals surface area contributed by atoms with Gasteiger partial charge in [-0.3, -0.25) is 4.79 Å². The Morgan fingerprint density at radius 1 is 1.09 bits per heavy atom. The van der Waals surface area contributed by atoms with Gasteiger partial charge in [0.1, 0.15) is 5.75 Å². The lowest BCUT2D eigenvalue weighted by atomic mass is 10.1. The smallest absolute Gasteiger partial charge is 0.304 e. The Morgan fingerprint density at radius 3 is 2.22 bits per heavy atom. The van der Waals surface area contributed by atoms with Gasteiger partial charge in [0.05, 0.1) is 23.7 Å². The van der Waals surface area contributed by atoms with Crippen molar-refractivity contribution < 1.29 is 23.1 Å². The maximum atomic E-state index is 12.8. The molecule has 0 heterocycles. The molecule has 0 spiro atoms. The van der Waals surface area contributed by atoms with E-state index in [-0.39, 0.29) is 11.3 Å². The first-order valence-corrected chi connectivity index (χ1v) is 8.62. The van der Waals surface area contributed by atoms with E-state index < -0.39 is 27.5 Å². The van der Waals surface area contributed by atoms with Crippen LogP contribution in [0.1, 0.15) is 12.0 Å². The van der Waals surface area contributed by atoms with Crippen molar-refractivity contribution in [2.45, 2.75) is 23.0 Å². The van der Waals surface area contributed by atoms with Crippen LogP contribution in [0.3, 0.4) is 0 Å². The predicted molar refractivity (Wildman–Crippen MR) is 86.4 cm³/mol. The molecule has 122 valence electrons. The lowest BCUT2D eigenvalue weighted by molar-refractivity contribution is -0.137. The van der Waals surface area contributed by atoms with E-state index in [1.165, 1.54) is 19.2 Å². The third kappa shape index (κ3) is 4.32. The van der Waals surface area contributed by atoms with Crippen LogP contribution < -0.4 is 4.74 Å². The summed E-state index contributed by atoms with van der Waals surface area (Å²) in [5.74, 6) is -0.593. The summed E-state index contributed by atoms with van der Waals surface area (Å²) < 4.78 is 30.5. The Morgan fingerprint density at radius 2 is 1.70 bits per heavy atom. The number of hydrogen-bond acceptors (Lipinski definition) is 4. The monoisotopic (exact) mass is 334 g/mol. The van der Waals surface area contributed by atoms with Crippen molar-refractivity contribution in [1.82, 2.24) is 0 Å². The molecule has 1 N–H and O–H groups in total. The third-order valence-electron chi connectivity index (χ3n) is 3.54. The molecule has 5 nitrogen and oxygen atoms in total. The van der Waals surface area contributed by atoms with Crippen molar-refractivity contribution in [3.8, 4) is 5.75 Å². The van der Waals surface area contributed by atoms with E-state index in [4.69, 9.17) is 9.84 Å². The number of carbonyl (C=O) groups is 1. The summed E-state index contributed by atoms with van der Waals surface area (Å²) in [7, 11) is -2.26. The van der Waals surface area contributed by atoms with E-state index >= 15 is 0 Å². The average molecular weight is 334 g/mol. The zero-order valence-electron chi connectivity index (χ0n) is 12.7. The molecule has 0 aliphatic carbocycles. The second-order valence-electron chi connectivity index (χ2n) is 5.13. The van der Waals surface area contributed by atoms with Gasteiger partial charge in [0.2, 0.25) is 0 Å². The molecule has 0 aromatic heterocycles. The quantitative estimate of drug-likeness (QED) is 0.841. The molecular weight excluding hydrogens is 316 g/mol. The van der Waals surface area contributed by atoms with Crippen molar-refractivity contribution in [3.05, 3.63) is 60.2 Å². The zero-order valence-corrected chi connectivity index (χ0v) is 13.5. The molecule has 2 aromatic rings. The first-order chi connectivity index (χ1) is 10.9. The molecule has 2 rings (SSSR count). The van der Waals surface area contributed by atoms with Crippen LogP contribution in [0.15, 0.2) is 59.5 Å². The van der Waals surface area contributed by atoms with Crippen LogP contribution in [0.25, 0.3) is 0 Å². The Balaban J connectivity index is 2.33. The van der Waals surface area contributed by atoms with Crippen molar-refractivity contribution in [2.24, 2.45) is 0 Å². The molecule has 0 amide bonds. The van der Waals surface area contributed by atoms with E-state index in [0.717, 1.165) is 5.56 Å². The van der Waals surface area contributed by atoms with Gasteiger partial charge in [-0.2, -0.15) is 0 Å². The van der Waals surface area contributed by atoms with Crippen LogP contribution in [-0.2, 0) is 21.1 Å². The Hall–Kier alpha value is -2.34. The number of hydrogen-bond donors (Lipinski definition) is 1. The topological polar surface area (TPSA) is 80.7 Å². The molecule has 0 aliphatic heterocycles. The molecular formula is C17H18O5S. The fourth-order valence-electron chi connectivity index (χ4n) is 2.32. The fourth-order valence-corrected chi connectivity index (χ4v) is 4.00. The van der Waals surface area contributed by atoms with E-state index in [2.05, 4.69) is 0 Å². The highest BCUT2D eigenvalue weighted by atomic mass is 32.2. The Bertz CT molecular complexity index is 751. The maximum absolute atomic E-state index is 12.8. The summed E-state index contributed by atoms with van der Waals surface area (Å²) in [6, 6.07) is 15.0. The molecule has 0 bridgehead atoms. The maximum Gasteiger partial charge on any atom is 0.304 e. The minimum atomic E-state index is -3.76. The number of methoxy groups -OCH3 is 1. The number of carboxylic acids is 1. The van der Waals surface area contributed by atoms with Gasteiger partial charge in [0.25, 0.3) is 0 Å². The molecule has 0 fully saturated rings. The summed E-state index contributed by atoms with van der Waals surface area (Å²) in [6.45, 7) is 0. The summed E-state index contributed by atoms with van der Waals surface area (Å²) in [5, 5.41) is 8.05. The summed E-state index contributed by atoms with van der Waals surface area (Å²) in [4.78, 5) is 11.2. The minimum absolute atomic E-state index is 0.0977. The zero-order chi connectivity index (χ0) is 16.9. The van der Waals surface area contributed by atoms with Crippen molar-refractivity contribution in [3.63, 3.8) is 0 Å². The molecule has 0 saturated carbocycles. The van der Waals surface area contributed by atoms with Crippen LogP contribution in [0.5, 0.6) is 5.75 Å². The highest BCUT2D eigenvalue weighted by molar-refractivity contribution is 7.92. The van der Waals surface area contributed by atoms with Crippen molar-refractivity contribution in [2.75, 3.05) is 7.11 Å². The van der Waals surface area contributed by atoms with Crippen LogP contribution in [0, 0.1) is 0 Å². The number of aliphatic carboxylic acids is 1. The van der Waals surface area contributed by atoms with E-state index in [9.17, 15) is 13.2 Å². The molecule has 23 heavy (non-hydrogen) atoms. The van der Waals surface area contributed by atoms with Gasteiger partial charge < -0.3 is 9.84 Å². The van der Waals surface area contributed by atoms with Gasteiger partial charge in [0.15, 0.2) is 9.84 Å². The number of rotatable bonds is 7. The third-order valence-corrected chi connectivity index (χ3v) is 5.68. The summed E-state index contributed by atoms with van der Waals surface area (Å²) in [6.07, 6.45) is -0.287. The molecule has 0 radical (unpaired) electrons. The van der Waals surface area contributed by atoms with Gasteiger partial charge in [-0.25, -0.2) is 8.42 Å². The molecule has 1 atom stereocenters. The van der Waals surface area contributed by atoms with Gasteiger partial charge in [0, 0.05) is 0 Å². The predicted octanol–water partition coefficient (Wildman–Crippen LogP) is 2.55. The lowest BCUT2D eigenvalue weighted by Gasteiger charge is -2.16. The van der Waals surface area contributed by atoms with E-state index in [1.807, 2.05) is 6.07 Å². The molecule has 6 heteroatoms. The SMILES string of the molecule is COc1ccc(S(=O)(=O)[C@@H](CC(=O)O)Cc2ccccc2)cc1. The molecule has 0 aliphatic rings. The highest BCUT2D eigenvalue weighted by Gasteiger charge is 2.30. The average Bonchev–Trinajstić information content (AvgIpc) is 2.55. The largest absolute Gasteiger partial charge is 0.497 e. The first kappa shape index (κ1) is 17.0. The van der Waals surface area contributed by atoms with Crippen LogP contribution >= 0.6 is 0 Å². The van der Waals surface area contributed by atoms with Crippen LogP contribution in [0.2, 0.25) is 0 Å². The van der Waals surface area contributed by atoms with Gasteiger partial charge in [-0.05, 0) is 36.2 Å². The van der Waals surface area contributed by atoms with E-state index in [0.29, 0.717) is 5.75 Å². The standard InChI is InChI=1S/C17H18O5S/c1-22-14-7-9-15(10-8-14)23(20,21)16(12-17(18)19)11-13-5-3-2-4-6-13/h2-10,16H,11-12H2,1H3,(H,18,19)/t16-/m1/s1. The molecule has 0 saturated heterocycles. The normalized spacial score (nSPS) is 12.6. The second-order valence-corrected chi connectivity index (χ2v) is 7.36. The van der Waals surface area contributed by atoms with Crippen molar-refractivity contribution in [1.29, 1.82) is 0 Å². The number of ether oxygens (including phenoxy) is 1.